The molecule has 2 aliphatic heterocycles. The number of hydrazone groups is 1. The number of hydrogen-bond acceptors (Lipinski definition) is 4. The van der Waals surface area contributed by atoms with E-state index >= 15 is 0 Å². The fraction of sp³-hybridized carbons (Fsp3) is 0.364. The molecule has 1 fully saturated rings. The van der Waals surface area contributed by atoms with Crippen molar-refractivity contribution in [1.82, 2.24) is 9.91 Å². The largest absolute Gasteiger partial charge is 0.379 e. The first-order valence-corrected chi connectivity index (χ1v) is 9.62. The number of carbonyl (C=O) groups is 1. The Morgan fingerprint density at radius 1 is 1.18 bits per heavy atom. The molecule has 0 unspecified atom stereocenters. The topological polar surface area (TPSA) is 45.1 Å². The minimum absolute atomic E-state index is 0.0427. The van der Waals surface area contributed by atoms with Crippen LogP contribution in [0, 0.1) is 12.7 Å². The molecule has 2 heterocycles. The second-order valence-electron chi connectivity index (χ2n) is 7.31. The fourth-order valence-corrected chi connectivity index (χ4v) is 3.65. The molecule has 1 amide bonds. The summed E-state index contributed by atoms with van der Waals surface area (Å²) in [4.78, 5) is 15.2. The van der Waals surface area contributed by atoms with Crippen LogP contribution in [0.25, 0.3) is 0 Å². The average Bonchev–Trinajstić information content (AvgIpc) is 3.15. The fourth-order valence-electron chi connectivity index (χ4n) is 3.65. The van der Waals surface area contributed by atoms with Crippen molar-refractivity contribution in [3.05, 3.63) is 71.0 Å². The summed E-state index contributed by atoms with van der Waals surface area (Å²) in [7, 11) is 0. The molecule has 0 radical (unpaired) electrons. The standard InChI is InChI=1S/C22H24FN3O2/c1-16-5-7-17(8-6-16)21-14-20(18-3-2-4-19(23)13-18)24-26(21)22(27)15-25-9-11-28-12-10-25/h2-8,13,21H,9-12,14-15H2,1H3/t21-/m0/s1. The molecule has 146 valence electrons. The molecule has 0 bridgehead atoms. The zero-order chi connectivity index (χ0) is 19.5. The van der Waals surface area contributed by atoms with E-state index in [1.807, 2.05) is 37.3 Å². The van der Waals surface area contributed by atoms with Gasteiger partial charge in [-0.25, -0.2) is 9.40 Å². The number of halogens is 1. The van der Waals surface area contributed by atoms with Gasteiger partial charge in [-0.1, -0.05) is 42.0 Å². The van der Waals surface area contributed by atoms with Crippen LogP contribution in [0.2, 0.25) is 0 Å². The third kappa shape index (κ3) is 4.13. The lowest BCUT2D eigenvalue weighted by atomic mass is 9.97. The number of morpholine rings is 1. The lowest BCUT2D eigenvalue weighted by molar-refractivity contribution is -0.135. The zero-order valence-electron chi connectivity index (χ0n) is 16.0. The Morgan fingerprint density at radius 3 is 2.64 bits per heavy atom. The van der Waals surface area contributed by atoms with E-state index < -0.39 is 0 Å². The van der Waals surface area contributed by atoms with Crippen molar-refractivity contribution >= 4 is 11.6 Å². The highest BCUT2D eigenvalue weighted by Gasteiger charge is 2.33. The van der Waals surface area contributed by atoms with E-state index in [1.54, 1.807) is 11.1 Å². The summed E-state index contributed by atoms with van der Waals surface area (Å²) in [6.45, 7) is 5.13. The van der Waals surface area contributed by atoms with E-state index in [4.69, 9.17) is 4.74 Å². The van der Waals surface area contributed by atoms with E-state index in [0.717, 1.165) is 29.9 Å². The Balaban J connectivity index is 1.60. The minimum Gasteiger partial charge on any atom is -0.379 e. The molecular formula is C22H24FN3O2. The minimum atomic E-state index is -0.301. The van der Waals surface area contributed by atoms with Crippen molar-refractivity contribution in [2.24, 2.45) is 5.10 Å². The molecular weight excluding hydrogens is 357 g/mol. The van der Waals surface area contributed by atoms with Gasteiger partial charge in [0.15, 0.2) is 0 Å². The highest BCUT2D eigenvalue weighted by molar-refractivity contribution is 6.03. The molecule has 0 aliphatic carbocycles. The van der Waals surface area contributed by atoms with Gasteiger partial charge in [0.05, 0.1) is 31.5 Å². The molecule has 2 aliphatic rings. The summed E-state index contributed by atoms with van der Waals surface area (Å²) in [5.41, 5.74) is 3.66. The molecule has 6 heteroatoms. The molecule has 0 saturated carbocycles. The van der Waals surface area contributed by atoms with E-state index in [9.17, 15) is 9.18 Å². The summed E-state index contributed by atoms with van der Waals surface area (Å²) in [6, 6.07) is 14.4. The third-order valence-electron chi connectivity index (χ3n) is 5.25. The molecule has 5 nitrogen and oxygen atoms in total. The lowest BCUT2D eigenvalue weighted by Crippen LogP contribution is -2.43. The zero-order valence-corrected chi connectivity index (χ0v) is 16.0. The second kappa shape index (κ2) is 8.20. The lowest BCUT2D eigenvalue weighted by Gasteiger charge is -2.29. The first-order chi connectivity index (χ1) is 13.6. The number of ether oxygens (including phenoxy) is 1. The van der Waals surface area contributed by atoms with Crippen LogP contribution >= 0.6 is 0 Å². The van der Waals surface area contributed by atoms with Crippen LogP contribution in [0.15, 0.2) is 53.6 Å². The second-order valence-corrected chi connectivity index (χ2v) is 7.31. The number of nitrogens with zero attached hydrogens (tertiary/aromatic N) is 3. The van der Waals surface area contributed by atoms with Crippen LogP contribution in [0.3, 0.4) is 0 Å². The number of benzene rings is 2. The molecule has 0 spiro atoms. The number of amides is 1. The van der Waals surface area contributed by atoms with Crippen molar-refractivity contribution in [2.75, 3.05) is 32.8 Å². The van der Waals surface area contributed by atoms with E-state index in [0.29, 0.717) is 26.2 Å². The van der Waals surface area contributed by atoms with Gasteiger partial charge >= 0.3 is 0 Å². The molecule has 28 heavy (non-hydrogen) atoms. The maximum absolute atomic E-state index is 13.7. The van der Waals surface area contributed by atoms with Crippen LogP contribution in [-0.4, -0.2) is 54.4 Å². The highest BCUT2D eigenvalue weighted by atomic mass is 19.1. The summed E-state index contributed by atoms with van der Waals surface area (Å²) in [5.74, 6) is -0.343. The first-order valence-electron chi connectivity index (χ1n) is 9.62. The van der Waals surface area contributed by atoms with Crippen LogP contribution in [0.5, 0.6) is 0 Å². The normalized spacial score (nSPS) is 20.3. The summed E-state index contributed by atoms with van der Waals surface area (Å²) < 4.78 is 19.1. The van der Waals surface area contributed by atoms with Gasteiger partial charge < -0.3 is 4.74 Å². The molecule has 0 aromatic heterocycles. The quantitative estimate of drug-likeness (QED) is 0.817. The Hall–Kier alpha value is -2.57. The van der Waals surface area contributed by atoms with Gasteiger partial charge in [-0.15, -0.1) is 0 Å². The molecule has 1 saturated heterocycles. The molecule has 2 aromatic rings. The Kier molecular flexibility index (Phi) is 5.50. The van der Waals surface area contributed by atoms with Crippen molar-refractivity contribution < 1.29 is 13.9 Å². The predicted molar refractivity (Wildman–Crippen MR) is 106 cm³/mol. The third-order valence-corrected chi connectivity index (χ3v) is 5.25. The maximum Gasteiger partial charge on any atom is 0.257 e. The molecule has 4 rings (SSSR count). The number of aryl methyl sites for hydroxylation is 1. The van der Waals surface area contributed by atoms with Gasteiger partial charge in [-0.2, -0.15) is 5.10 Å². The molecule has 0 N–H and O–H groups in total. The van der Waals surface area contributed by atoms with Crippen molar-refractivity contribution in [3.8, 4) is 0 Å². The Morgan fingerprint density at radius 2 is 1.93 bits per heavy atom. The predicted octanol–water partition coefficient (Wildman–Crippen LogP) is 3.14. The maximum atomic E-state index is 13.7. The van der Waals surface area contributed by atoms with E-state index in [2.05, 4.69) is 10.0 Å². The highest BCUT2D eigenvalue weighted by Crippen LogP contribution is 2.33. The van der Waals surface area contributed by atoms with Gasteiger partial charge in [-0.05, 0) is 24.6 Å². The summed E-state index contributed by atoms with van der Waals surface area (Å²) in [5, 5.41) is 6.20. The Bertz CT molecular complexity index is 876. The van der Waals surface area contributed by atoms with E-state index in [1.165, 1.54) is 17.7 Å². The van der Waals surface area contributed by atoms with Gasteiger partial charge in [0, 0.05) is 25.1 Å². The number of hydrogen-bond donors (Lipinski definition) is 0. The smallest absolute Gasteiger partial charge is 0.257 e. The van der Waals surface area contributed by atoms with Crippen molar-refractivity contribution in [3.63, 3.8) is 0 Å². The SMILES string of the molecule is Cc1ccc([C@@H]2CC(c3cccc(F)c3)=NN2C(=O)CN2CCOCC2)cc1. The van der Waals surface area contributed by atoms with Crippen LogP contribution in [0.4, 0.5) is 4.39 Å². The van der Waals surface area contributed by atoms with Crippen LogP contribution in [-0.2, 0) is 9.53 Å². The van der Waals surface area contributed by atoms with E-state index in [-0.39, 0.29) is 17.8 Å². The summed E-state index contributed by atoms with van der Waals surface area (Å²) >= 11 is 0. The van der Waals surface area contributed by atoms with Crippen molar-refractivity contribution in [1.29, 1.82) is 0 Å². The van der Waals surface area contributed by atoms with Gasteiger partial charge in [0.2, 0.25) is 0 Å². The average molecular weight is 381 g/mol. The first kappa shape index (κ1) is 18.8. The van der Waals surface area contributed by atoms with Gasteiger partial charge in [0.1, 0.15) is 5.82 Å². The van der Waals surface area contributed by atoms with Crippen molar-refractivity contribution in [2.45, 2.75) is 19.4 Å². The number of carbonyl (C=O) groups excluding carboxylic acids is 1. The molecule has 2 aromatic carbocycles. The molecule has 1 atom stereocenters. The number of rotatable bonds is 4. The summed E-state index contributed by atoms with van der Waals surface area (Å²) in [6.07, 6.45) is 0.571. The monoisotopic (exact) mass is 381 g/mol. The Labute approximate surface area is 164 Å². The van der Waals surface area contributed by atoms with Gasteiger partial charge in [-0.3, -0.25) is 9.69 Å². The van der Waals surface area contributed by atoms with Crippen LogP contribution in [0.1, 0.15) is 29.2 Å². The van der Waals surface area contributed by atoms with Crippen LogP contribution < -0.4 is 0 Å². The van der Waals surface area contributed by atoms with Gasteiger partial charge in [0.25, 0.3) is 5.91 Å².